The molecule has 2 aromatic rings. The number of nitrogens with zero attached hydrogens (tertiary/aromatic N) is 2. The number of nitrogen functional groups attached to an aromatic ring is 1. The first kappa shape index (κ1) is 16.0. The molecule has 0 saturated heterocycles. The topological polar surface area (TPSA) is 71.2 Å². The molecule has 22 heavy (non-hydrogen) atoms. The molecule has 1 aromatic carbocycles. The van der Waals surface area contributed by atoms with Crippen molar-refractivity contribution in [1.29, 1.82) is 0 Å². The molecule has 0 aliphatic heterocycles. The highest BCUT2D eigenvalue weighted by Gasteiger charge is 2.12. The highest BCUT2D eigenvalue weighted by Crippen LogP contribution is 2.04. The van der Waals surface area contributed by atoms with Gasteiger partial charge >= 0.3 is 0 Å². The normalized spacial score (nSPS) is 12.1. The van der Waals surface area contributed by atoms with Crippen LogP contribution in [0.1, 0.15) is 23.0 Å². The Balaban J connectivity index is 1.83. The predicted octanol–water partition coefficient (Wildman–Crippen LogP) is 1.91. The minimum atomic E-state index is -0.180. The average Bonchev–Trinajstić information content (AvgIpc) is 2.48. The largest absolute Gasteiger partial charge is 0.397 e. The lowest BCUT2D eigenvalue weighted by molar-refractivity contribution is 0.0926. The molecule has 0 saturated carbocycles. The quantitative estimate of drug-likeness (QED) is 0.854. The third kappa shape index (κ3) is 4.86. The highest BCUT2D eigenvalue weighted by atomic mass is 16.1. The molecule has 5 nitrogen and oxygen atoms in total. The summed E-state index contributed by atoms with van der Waals surface area (Å²) in [5.41, 5.74) is 7.75. The summed E-state index contributed by atoms with van der Waals surface area (Å²) in [6.07, 6.45) is 1.49. The van der Waals surface area contributed by atoms with Crippen LogP contribution >= 0.6 is 0 Å². The zero-order chi connectivity index (χ0) is 15.9. The molecule has 116 valence electrons. The molecule has 1 heterocycles. The molecule has 0 aliphatic rings. The first-order chi connectivity index (χ1) is 10.5. The Labute approximate surface area is 131 Å². The standard InChI is InChI=1S/C17H22N4O/c1-13(11-21(2)12-14-6-4-3-5-7-14)20-17(22)16-9-8-15(18)10-19-16/h3-10,13H,11-12,18H2,1-2H3,(H,20,22). The highest BCUT2D eigenvalue weighted by molar-refractivity contribution is 5.92. The van der Waals surface area contributed by atoms with Crippen molar-refractivity contribution in [2.45, 2.75) is 19.5 Å². The number of pyridine rings is 1. The van der Waals surface area contributed by atoms with Gasteiger partial charge in [-0.1, -0.05) is 30.3 Å². The Morgan fingerprint density at radius 1 is 1.27 bits per heavy atom. The molecular weight excluding hydrogens is 276 g/mol. The number of hydrogen-bond acceptors (Lipinski definition) is 4. The molecule has 0 bridgehead atoms. The minimum absolute atomic E-state index is 0.0283. The maximum atomic E-state index is 12.1. The van der Waals surface area contributed by atoms with Crippen molar-refractivity contribution in [3.63, 3.8) is 0 Å². The van der Waals surface area contributed by atoms with Crippen LogP contribution in [0.4, 0.5) is 5.69 Å². The maximum Gasteiger partial charge on any atom is 0.270 e. The summed E-state index contributed by atoms with van der Waals surface area (Å²) in [6.45, 7) is 3.59. The van der Waals surface area contributed by atoms with E-state index in [1.165, 1.54) is 11.8 Å². The van der Waals surface area contributed by atoms with Gasteiger partial charge in [0, 0.05) is 19.1 Å². The second-order valence-corrected chi connectivity index (χ2v) is 5.53. The van der Waals surface area contributed by atoms with Crippen molar-refractivity contribution in [3.05, 3.63) is 59.9 Å². The lowest BCUT2D eigenvalue weighted by atomic mass is 10.2. The van der Waals surface area contributed by atoms with Crippen molar-refractivity contribution in [2.75, 3.05) is 19.3 Å². The number of amides is 1. The van der Waals surface area contributed by atoms with Crippen LogP contribution in [0.15, 0.2) is 48.7 Å². The molecule has 1 aromatic heterocycles. The second kappa shape index (κ2) is 7.56. The van der Waals surface area contributed by atoms with Crippen molar-refractivity contribution in [2.24, 2.45) is 0 Å². The van der Waals surface area contributed by atoms with E-state index in [4.69, 9.17) is 5.73 Å². The molecular formula is C17H22N4O. The van der Waals surface area contributed by atoms with Crippen LogP contribution in [0.5, 0.6) is 0 Å². The lowest BCUT2D eigenvalue weighted by Crippen LogP contribution is -2.40. The number of rotatable bonds is 6. The van der Waals surface area contributed by atoms with Gasteiger partial charge in [0.1, 0.15) is 5.69 Å². The Bertz CT molecular complexity index is 598. The Morgan fingerprint density at radius 2 is 2.00 bits per heavy atom. The Hall–Kier alpha value is -2.40. The lowest BCUT2D eigenvalue weighted by Gasteiger charge is -2.22. The molecule has 0 radical (unpaired) electrons. The van der Waals surface area contributed by atoms with Crippen LogP contribution in [0, 0.1) is 0 Å². The summed E-state index contributed by atoms with van der Waals surface area (Å²) in [6, 6.07) is 13.6. The second-order valence-electron chi connectivity index (χ2n) is 5.53. The van der Waals surface area contributed by atoms with E-state index in [1.54, 1.807) is 12.1 Å². The third-order valence-electron chi connectivity index (χ3n) is 3.28. The van der Waals surface area contributed by atoms with Crippen LogP contribution in [0.25, 0.3) is 0 Å². The summed E-state index contributed by atoms with van der Waals surface area (Å²) in [4.78, 5) is 18.3. The molecule has 1 amide bonds. The molecule has 1 unspecified atom stereocenters. The van der Waals surface area contributed by atoms with Crippen molar-refractivity contribution in [3.8, 4) is 0 Å². The summed E-state index contributed by atoms with van der Waals surface area (Å²) < 4.78 is 0. The molecule has 1 atom stereocenters. The average molecular weight is 298 g/mol. The summed E-state index contributed by atoms with van der Waals surface area (Å²) >= 11 is 0. The van der Waals surface area contributed by atoms with Gasteiger partial charge in [-0.2, -0.15) is 0 Å². The SMILES string of the molecule is CC(CN(C)Cc1ccccc1)NC(=O)c1ccc(N)cn1. The van der Waals surface area contributed by atoms with E-state index in [2.05, 4.69) is 27.3 Å². The smallest absolute Gasteiger partial charge is 0.270 e. The fraction of sp³-hybridized carbons (Fsp3) is 0.294. The van der Waals surface area contributed by atoms with Crippen LogP contribution in [-0.2, 0) is 6.54 Å². The van der Waals surface area contributed by atoms with Gasteiger partial charge in [0.2, 0.25) is 0 Å². The monoisotopic (exact) mass is 298 g/mol. The molecule has 3 N–H and O–H groups in total. The van der Waals surface area contributed by atoms with Gasteiger partial charge in [-0.3, -0.25) is 4.79 Å². The molecule has 0 spiro atoms. The Morgan fingerprint density at radius 3 is 2.64 bits per heavy atom. The maximum absolute atomic E-state index is 12.1. The first-order valence-electron chi connectivity index (χ1n) is 7.29. The van der Waals surface area contributed by atoms with Gasteiger partial charge < -0.3 is 16.0 Å². The predicted molar refractivity (Wildman–Crippen MR) is 88.4 cm³/mol. The zero-order valence-corrected chi connectivity index (χ0v) is 13.0. The van der Waals surface area contributed by atoms with E-state index in [1.807, 2.05) is 32.2 Å². The van der Waals surface area contributed by atoms with Gasteiger partial charge in [0.05, 0.1) is 11.9 Å². The van der Waals surface area contributed by atoms with Gasteiger partial charge in [0.15, 0.2) is 0 Å². The molecule has 0 aliphatic carbocycles. The third-order valence-corrected chi connectivity index (χ3v) is 3.28. The van der Waals surface area contributed by atoms with Gasteiger partial charge in [-0.05, 0) is 31.7 Å². The number of carbonyl (C=O) groups is 1. The van der Waals surface area contributed by atoms with Crippen LogP contribution < -0.4 is 11.1 Å². The number of benzene rings is 1. The van der Waals surface area contributed by atoms with E-state index in [-0.39, 0.29) is 11.9 Å². The zero-order valence-electron chi connectivity index (χ0n) is 13.0. The number of hydrogen-bond donors (Lipinski definition) is 2. The fourth-order valence-corrected chi connectivity index (χ4v) is 2.31. The van der Waals surface area contributed by atoms with Crippen LogP contribution in [0.2, 0.25) is 0 Å². The van der Waals surface area contributed by atoms with E-state index in [0.717, 1.165) is 13.1 Å². The number of nitrogens with two attached hydrogens (primary N) is 1. The molecule has 2 rings (SSSR count). The van der Waals surface area contributed by atoms with E-state index < -0.39 is 0 Å². The molecule has 5 heteroatoms. The number of nitrogens with one attached hydrogen (secondary N) is 1. The van der Waals surface area contributed by atoms with Crippen molar-refractivity contribution < 1.29 is 4.79 Å². The van der Waals surface area contributed by atoms with E-state index in [0.29, 0.717) is 11.4 Å². The van der Waals surface area contributed by atoms with Gasteiger partial charge in [0.25, 0.3) is 5.91 Å². The summed E-state index contributed by atoms with van der Waals surface area (Å²) in [7, 11) is 2.04. The summed E-state index contributed by atoms with van der Waals surface area (Å²) in [5.74, 6) is -0.180. The number of aromatic nitrogens is 1. The Kier molecular flexibility index (Phi) is 5.49. The number of carbonyl (C=O) groups excluding carboxylic acids is 1. The summed E-state index contributed by atoms with van der Waals surface area (Å²) in [5, 5.41) is 2.95. The van der Waals surface area contributed by atoms with Gasteiger partial charge in [-0.25, -0.2) is 4.98 Å². The van der Waals surface area contributed by atoms with Crippen molar-refractivity contribution >= 4 is 11.6 Å². The van der Waals surface area contributed by atoms with E-state index >= 15 is 0 Å². The van der Waals surface area contributed by atoms with Crippen molar-refractivity contribution in [1.82, 2.24) is 15.2 Å². The van der Waals surface area contributed by atoms with Crippen LogP contribution in [-0.4, -0.2) is 35.4 Å². The number of anilines is 1. The van der Waals surface area contributed by atoms with Gasteiger partial charge in [-0.15, -0.1) is 0 Å². The first-order valence-corrected chi connectivity index (χ1v) is 7.29. The molecule has 0 fully saturated rings. The fourth-order valence-electron chi connectivity index (χ4n) is 2.31. The van der Waals surface area contributed by atoms with E-state index in [9.17, 15) is 4.79 Å². The number of likely N-dealkylation sites (N-methyl/N-ethyl adjacent to an activating group) is 1. The minimum Gasteiger partial charge on any atom is -0.397 e. The van der Waals surface area contributed by atoms with Crippen LogP contribution in [0.3, 0.4) is 0 Å².